The summed E-state index contributed by atoms with van der Waals surface area (Å²) in [6, 6.07) is 15.5. The van der Waals surface area contributed by atoms with Crippen molar-refractivity contribution in [2.45, 2.75) is 38.1 Å². The van der Waals surface area contributed by atoms with E-state index >= 15 is 0 Å². The topological polar surface area (TPSA) is 105 Å². The van der Waals surface area contributed by atoms with Gasteiger partial charge in [-0.1, -0.05) is 61.9 Å². The van der Waals surface area contributed by atoms with Crippen LogP contribution in [-0.2, 0) is 14.3 Å². The van der Waals surface area contributed by atoms with Crippen LogP contribution >= 0.6 is 11.8 Å². The lowest BCUT2D eigenvalue weighted by molar-refractivity contribution is -0.138. The van der Waals surface area contributed by atoms with Gasteiger partial charge in [0.25, 0.3) is 0 Å². The predicted molar refractivity (Wildman–Crippen MR) is 134 cm³/mol. The number of aliphatic carboxylic acids is 1. The van der Waals surface area contributed by atoms with Gasteiger partial charge in [0.1, 0.15) is 12.6 Å². The second kappa shape index (κ2) is 12.5. The third-order valence-corrected chi connectivity index (χ3v) is 6.81. The molecule has 0 saturated carbocycles. The van der Waals surface area contributed by atoms with E-state index in [9.17, 15) is 14.4 Å². The van der Waals surface area contributed by atoms with Gasteiger partial charge in [-0.25, -0.2) is 4.79 Å². The van der Waals surface area contributed by atoms with Gasteiger partial charge in [-0.2, -0.15) is 11.8 Å². The van der Waals surface area contributed by atoms with Gasteiger partial charge in [0, 0.05) is 18.9 Å². The van der Waals surface area contributed by atoms with Crippen molar-refractivity contribution in [2.24, 2.45) is 5.92 Å². The molecule has 2 amide bonds. The summed E-state index contributed by atoms with van der Waals surface area (Å²) in [4.78, 5) is 36.4. The fraction of sp³-hybridized carbons (Fsp3) is 0.423. The van der Waals surface area contributed by atoms with Crippen molar-refractivity contribution in [3.05, 3.63) is 59.7 Å². The molecule has 8 heteroatoms. The largest absolute Gasteiger partial charge is 0.481 e. The molecule has 1 unspecified atom stereocenters. The number of nitrogens with one attached hydrogen (secondary N) is 2. The minimum Gasteiger partial charge on any atom is -0.481 e. The highest BCUT2D eigenvalue weighted by Crippen LogP contribution is 2.44. The molecule has 0 saturated heterocycles. The van der Waals surface area contributed by atoms with Crippen LogP contribution in [0.1, 0.15) is 43.2 Å². The molecule has 1 aliphatic carbocycles. The Labute approximate surface area is 204 Å². The highest BCUT2D eigenvalue weighted by molar-refractivity contribution is 7.98. The van der Waals surface area contributed by atoms with Crippen LogP contribution in [0.2, 0.25) is 0 Å². The van der Waals surface area contributed by atoms with Gasteiger partial charge in [-0.3, -0.25) is 9.59 Å². The first kappa shape index (κ1) is 25.6. The summed E-state index contributed by atoms with van der Waals surface area (Å²) in [7, 11) is 0. The van der Waals surface area contributed by atoms with E-state index in [4.69, 9.17) is 9.84 Å². The zero-order valence-electron chi connectivity index (χ0n) is 19.6. The number of hydrogen-bond acceptors (Lipinski definition) is 5. The first-order valence-electron chi connectivity index (χ1n) is 11.5. The summed E-state index contributed by atoms with van der Waals surface area (Å²) in [5.41, 5.74) is 4.54. The number of carboxylic acid groups (broad SMARTS) is 1. The molecule has 3 rings (SSSR count). The van der Waals surface area contributed by atoms with E-state index in [0.717, 1.165) is 22.3 Å². The van der Waals surface area contributed by atoms with E-state index < -0.39 is 18.1 Å². The Hall–Kier alpha value is -3.00. The van der Waals surface area contributed by atoms with Crippen LogP contribution in [0.15, 0.2) is 48.5 Å². The van der Waals surface area contributed by atoms with Gasteiger partial charge < -0.3 is 20.5 Å². The molecule has 0 bridgehead atoms. The quantitative estimate of drug-likeness (QED) is 0.416. The summed E-state index contributed by atoms with van der Waals surface area (Å²) < 4.78 is 5.59. The summed E-state index contributed by atoms with van der Waals surface area (Å²) >= 11 is 1.58. The Bertz CT molecular complexity index is 967. The minimum absolute atomic E-state index is 0.00787. The Kier molecular flexibility index (Phi) is 9.39. The molecule has 2 atom stereocenters. The van der Waals surface area contributed by atoms with Crippen molar-refractivity contribution >= 4 is 29.7 Å². The number of rotatable bonds is 12. The Balaban J connectivity index is 1.60. The molecule has 7 nitrogen and oxygen atoms in total. The maximum Gasteiger partial charge on any atom is 0.407 e. The van der Waals surface area contributed by atoms with Gasteiger partial charge in [-0.05, 0) is 46.6 Å². The molecular weight excluding hydrogens is 452 g/mol. The van der Waals surface area contributed by atoms with E-state index in [1.54, 1.807) is 11.8 Å². The average Bonchev–Trinajstić information content (AvgIpc) is 3.16. The number of benzene rings is 2. The first-order valence-corrected chi connectivity index (χ1v) is 12.9. The number of alkyl carbamates (subject to hydrolysis) is 1. The molecule has 0 fully saturated rings. The second-order valence-corrected chi connectivity index (χ2v) is 9.41. The number of carboxylic acids is 1. The highest BCUT2D eigenvalue weighted by atomic mass is 32.2. The standard InChI is InChI=1S/C26H32N2O5S/c1-3-17(14-24(29)30)15-27-25(31)23(12-13-34-2)28-26(32)33-16-22-20-10-6-4-8-18(20)19-9-5-7-11-21(19)22/h4-11,17,22-23H,3,12-16H2,1-2H3,(H,27,31)(H,28,32)(H,29,30)/t17?,23-/m1/s1. The van der Waals surface area contributed by atoms with Gasteiger partial charge in [0.05, 0.1) is 0 Å². The number of carbonyl (C=O) groups is 3. The highest BCUT2D eigenvalue weighted by Gasteiger charge is 2.30. The molecule has 0 radical (unpaired) electrons. The molecule has 3 N–H and O–H groups in total. The molecule has 2 aromatic carbocycles. The normalized spacial score (nSPS) is 13.9. The van der Waals surface area contributed by atoms with E-state index in [1.165, 1.54) is 0 Å². The van der Waals surface area contributed by atoms with E-state index in [1.807, 2.05) is 37.4 Å². The van der Waals surface area contributed by atoms with Crippen molar-refractivity contribution in [3.8, 4) is 11.1 Å². The van der Waals surface area contributed by atoms with Gasteiger partial charge in [-0.15, -0.1) is 0 Å². The molecule has 2 aromatic rings. The SMILES string of the molecule is CCC(CNC(=O)[C@@H](CCSC)NC(=O)OCC1c2ccccc2-c2ccccc21)CC(=O)O. The minimum atomic E-state index is -0.892. The predicted octanol–water partition coefficient (Wildman–Crippen LogP) is 4.26. The number of ether oxygens (including phenoxy) is 1. The van der Waals surface area contributed by atoms with E-state index in [0.29, 0.717) is 18.6 Å². The number of hydrogen-bond donors (Lipinski definition) is 3. The Morgan fingerprint density at radius 2 is 1.68 bits per heavy atom. The Morgan fingerprint density at radius 1 is 1.06 bits per heavy atom. The third kappa shape index (κ3) is 6.53. The van der Waals surface area contributed by atoms with Gasteiger partial charge in [0.2, 0.25) is 5.91 Å². The second-order valence-electron chi connectivity index (χ2n) is 8.42. The number of thioether (sulfide) groups is 1. The van der Waals surface area contributed by atoms with Crippen LogP contribution in [0.25, 0.3) is 11.1 Å². The van der Waals surface area contributed by atoms with Crippen LogP contribution in [-0.4, -0.2) is 54.3 Å². The van der Waals surface area contributed by atoms with Crippen molar-refractivity contribution in [2.75, 3.05) is 25.2 Å². The van der Waals surface area contributed by atoms with Crippen molar-refractivity contribution in [3.63, 3.8) is 0 Å². The number of fused-ring (bicyclic) bond motifs is 3. The van der Waals surface area contributed by atoms with E-state index in [2.05, 4.69) is 34.9 Å². The summed E-state index contributed by atoms with van der Waals surface area (Å²) in [5, 5.41) is 14.5. The van der Waals surface area contributed by atoms with E-state index in [-0.39, 0.29) is 37.3 Å². The monoisotopic (exact) mass is 484 g/mol. The molecule has 0 aliphatic heterocycles. The summed E-state index contributed by atoms with van der Waals surface area (Å²) in [6.07, 6.45) is 2.38. The van der Waals surface area contributed by atoms with Crippen molar-refractivity contribution in [1.29, 1.82) is 0 Å². The fourth-order valence-electron chi connectivity index (χ4n) is 4.26. The van der Waals surface area contributed by atoms with Gasteiger partial charge >= 0.3 is 12.1 Å². The molecule has 182 valence electrons. The Morgan fingerprint density at radius 3 is 2.24 bits per heavy atom. The van der Waals surface area contributed by atoms with Crippen LogP contribution in [0.3, 0.4) is 0 Å². The molecule has 0 heterocycles. The maximum absolute atomic E-state index is 12.7. The van der Waals surface area contributed by atoms with Crippen molar-refractivity contribution < 1.29 is 24.2 Å². The molecular formula is C26H32N2O5S. The molecule has 34 heavy (non-hydrogen) atoms. The average molecular weight is 485 g/mol. The summed E-state index contributed by atoms with van der Waals surface area (Å²) in [5.74, 6) is -0.744. The molecule has 0 aromatic heterocycles. The number of carbonyl (C=O) groups excluding carboxylic acids is 2. The van der Waals surface area contributed by atoms with Crippen LogP contribution < -0.4 is 10.6 Å². The first-order chi connectivity index (χ1) is 16.4. The third-order valence-electron chi connectivity index (χ3n) is 6.17. The smallest absolute Gasteiger partial charge is 0.407 e. The summed E-state index contributed by atoms with van der Waals surface area (Å²) in [6.45, 7) is 2.32. The molecule has 0 spiro atoms. The lowest BCUT2D eigenvalue weighted by atomic mass is 9.98. The maximum atomic E-state index is 12.7. The zero-order valence-corrected chi connectivity index (χ0v) is 20.4. The van der Waals surface area contributed by atoms with Crippen LogP contribution in [0.4, 0.5) is 4.79 Å². The zero-order chi connectivity index (χ0) is 24.5. The lowest BCUT2D eigenvalue weighted by Crippen LogP contribution is -2.48. The fourth-order valence-corrected chi connectivity index (χ4v) is 4.73. The van der Waals surface area contributed by atoms with Crippen LogP contribution in [0, 0.1) is 5.92 Å². The molecule has 1 aliphatic rings. The van der Waals surface area contributed by atoms with Crippen molar-refractivity contribution in [1.82, 2.24) is 10.6 Å². The number of amides is 2. The van der Waals surface area contributed by atoms with Gasteiger partial charge in [0.15, 0.2) is 0 Å². The lowest BCUT2D eigenvalue weighted by Gasteiger charge is -2.21. The van der Waals surface area contributed by atoms with Crippen LogP contribution in [0.5, 0.6) is 0 Å².